The summed E-state index contributed by atoms with van der Waals surface area (Å²) in [6.07, 6.45) is 1.73. The van der Waals surface area contributed by atoms with Crippen LogP contribution >= 0.6 is 11.7 Å². The van der Waals surface area contributed by atoms with Crippen LogP contribution in [0.25, 0.3) is 17.3 Å². The lowest BCUT2D eigenvalue weighted by atomic mass is 10.1. The normalized spacial score (nSPS) is 9.85. The second-order valence-corrected chi connectivity index (χ2v) is 3.10. The van der Waals surface area contributed by atoms with Gasteiger partial charge in [-0.2, -0.15) is 8.75 Å². The molecule has 13 heavy (non-hydrogen) atoms. The lowest BCUT2D eigenvalue weighted by Gasteiger charge is -1.95. The highest BCUT2D eigenvalue weighted by Crippen LogP contribution is 2.21. The Bertz CT molecular complexity index is 406. The van der Waals surface area contributed by atoms with E-state index in [1.165, 1.54) is 11.7 Å². The predicted octanol–water partition coefficient (Wildman–Crippen LogP) is 2.85. The molecule has 0 aliphatic carbocycles. The fraction of sp³-hybridized carbons (Fsp3) is 0. The van der Waals surface area contributed by atoms with Crippen LogP contribution in [0, 0.1) is 0 Å². The van der Waals surface area contributed by atoms with E-state index in [0.717, 1.165) is 17.0 Å². The van der Waals surface area contributed by atoms with Gasteiger partial charge < -0.3 is 0 Å². The predicted molar refractivity (Wildman–Crippen MR) is 55.4 cm³/mol. The summed E-state index contributed by atoms with van der Waals surface area (Å²) in [5.74, 6) is 0. The summed E-state index contributed by atoms with van der Waals surface area (Å²) in [7, 11) is 0. The van der Waals surface area contributed by atoms with Gasteiger partial charge in [-0.25, -0.2) is 0 Å². The van der Waals surface area contributed by atoms with E-state index in [9.17, 15) is 0 Å². The summed E-state index contributed by atoms with van der Waals surface area (Å²) in [6, 6.07) is 9.99. The van der Waals surface area contributed by atoms with E-state index in [2.05, 4.69) is 15.3 Å². The Morgan fingerprint density at radius 1 is 1.15 bits per heavy atom. The van der Waals surface area contributed by atoms with Gasteiger partial charge in [0.1, 0.15) is 11.4 Å². The molecule has 0 N–H and O–H groups in total. The monoisotopic (exact) mass is 188 g/mol. The number of hydrogen-bond acceptors (Lipinski definition) is 3. The van der Waals surface area contributed by atoms with Gasteiger partial charge in [-0.1, -0.05) is 36.9 Å². The Morgan fingerprint density at radius 2 is 1.92 bits per heavy atom. The van der Waals surface area contributed by atoms with Crippen molar-refractivity contribution in [2.75, 3.05) is 0 Å². The Morgan fingerprint density at radius 3 is 2.62 bits per heavy atom. The van der Waals surface area contributed by atoms with Gasteiger partial charge in [-0.15, -0.1) is 0 Å². The lowest BCUT2D eigenvalue weighted by molar-refractivity contribution is 1.46. The Kier molecular flexibility index (Phi) is 2.19. The first-order chi connectivity index (χ1) is 6.42. The quantitative estimate of drug-likeness (QED) is 0.724. The third kappa shape index (κ3) is 1.51. The fourth-order valence-electron chi connectivity index (χ4n) is 1.13. The van der Waals surface area contributed by atoms with Crippen LogP contribution in [0.5, 0.6) is 0 Å². The van der Waals surface area contributed by atoms with E-state index >= 15 is 0 Å². The molecule has 0 radical (unpaired) electrons. The van der Waals surface area contributed by atoms with Gasteiger partial charge in [0.25, 0.3) is 0 Å². The molecule has 0 spiro atoms. The molecule has 0 saturated heterocycles. The molecule has 2 aromatic rings. The van der Waals surface area contributed by atoms with Crippen molar-refractivity contribution in [3.8, 4) is 11.3 Å². The molecule has 0 aliphatic heterocycles. The van der Waals surface area contributed by atoms with Crippen molar-refractivity contribution in [1.82, 2.24) is 8.75 Å². The minimum Gasteiger partial charge on any atom is -0.173 e. The Labute approximate surface area is 80.9 Å². The van der Waals surface area contributed by atoms with E-state index in [0.29, 0.717) is 0 Å². The summed E-state index contributed by atoms with van der Waals surface area (Å²) in [4.78, 5) is 0. The molecule has 3 heteroatoms. The highest BCUT2D eigenvalue weighted by molar-refractivity contribution is 6.99. The SMILES string of the molecule is C=Cc1nsnc1-c1ccccc1. The molecule has 2 rings (SSSR count). The molecule has 1 aromatic carbocycles. The third-order valence-corrected chi connectivity index (χ3v) is 2.30. The average molecular weight is 188 g/mol. The molecule has 1 aromatic heterocycles. The second kappa shape index (κ2) is 3.49. The first-order valence-electron chi connectivity index (χ1n) is 3.92. The molecule has 0 unspecified atom stereocenters. The third-order valence-electron chi connectivity index (χ3n) is 1.75. The minimum atomic E-state index is 0.858. The first-order valence-corrected chi connectivity index (χ1v) is 4.65. The maximum Gasteiger partial charge on any atom is 0.111 e. The smallest absolute Gasteiger partial charge is 0.111 e. The van der Waals surface area contributed by atoms with E-state index in [4.69, 9.17) is 0 Å². The summed E-state index contributed by atoms with van der Waals surface area (Å²) in [6.45, 7) is 3.69. The van der Waals surface area contributed by atoms with E-state index in [-0.39, 0.29) is 0 Å². The van der Waals surface area contributed by atoms with Crippen molar-refractivity contribution < 1.29 is 0 Å². The van der Waals surface area contributed by atoms with Crippen molar-refractivity contribution in [2.45, 2.75) is 0 Å². The summed E-state index contributed by atoms with van der Waals surface area (Å²) < 4.78 is 8.34. The van der Waals surface area contributed by atoms with Gasteiger partial charge in [-0.05, 0) is 6.08 Å². The summed E-state index contributed by atoms with van der Waals surface area (Å²) >= 11 is 1.21. The van der Waals surface area contributed by atoms with Gasteiger partial charge in [0.15, 0.2) is 0 Å². The topological polar surface area (TPSA) is 25.8 Å². The van der Waals surface area contributed by atoms with Gasteiger partial charge >= 0.3 is 0 Å². The zero-order valence-corrected chi connectivity index (χ0v) is 7.79. The number of aromatic nitrogens is 2. The highest BCUT2D eigenvalue weighted by atomic mass is 32.1. The zero-order chi connectivity index (χ0) is 9.10. The van der Waals surface area contributed by atoms with Crippen LogP contribution in [-0.4, -0.2) is 8.75 Å². The molecule has 0 amide bonds. The zero-order valence-electron chi connectivity index (χ0n) is 6.97. The van der Waals surface area contributed by atoms with E-state index in [1.807, 2.05) is 30.3 Å². The van der Waals surface area contributed by atoms with Gasteiger partial charge in [0, 0.05) is 5.56 Å². The van der Waals surface area contributed by atoms with Gasteiger partial charge in [0.2, 0.25) is 0 Å². The van der Waals surface area contributed by atoms with Crippen molar-refractivity contribution in [3.63, 3.8) is 0 Å². The molecule has 0 atom stereocenters. The average Bonchev–Trinajstić information content (AvgIpc) is 2.67. The number of rotatable bonds is 2. The maximum absolute atomic E-state index is 4.22. The van der Waals surface area contributed by atoms with Crippen LogP contribution in [0.15, 0.2) is 36.9 Å². The van der Waals surface area contributed by atoms with Gasteiger partial charge in [-0.3, -0.25) is 0 Å². The van der Waals surface area contributed by atoms with Crippen LogP contribution in [0.4, 0.5) is 0 Å². The summed E-state index contributed by atoms with van der Waals surface area (Å²) in [5, 5.41) is 0. The molecule has 0 aliphatic rings. The second-order valence-electron chi connectivity index (χ2n) is 2.57. The number of benzene rings is 1. The molecule has 0 saturated carbocycles. The molecule has 64 valence electrons. The largest absolute Gasteiger partial charge is 0.173 e. The van der Waals surface area contributed by atoms with Crippen molar-refractivity contribution >= 4 is 17.8 Å². The number of hydrogen-bond donors (Lipinski definition) is 0. The van der Waals surface area contributed by atoms with Crippen molar-refractivity contribution in [2.24, 2.45) is 0 Å². The Balaban J connectivity index is 2.52. The van der Waals surface area contributed by atoms with Crippen molar-refractivity contribution in [1.29, 1.82) is 0 Å². The fourth-order valence-corrected chi connectivity index (χ4v) is 1.70. The van der Waals surface area contributed by atoms with Crippen LogP contribution in [-0.2, 0) is 0 Å². The molecule has 0 fully saturated rings. The van der Waals surface area contributed by atoms with Crippen LogP contribution in [0.3, 0.4) is 0 Å². The molecular weight excluding hydrogens is 180 g/mol. The van der Waals surface area contributed by atoms with Crippen LogP contribution in [0.1, 0.15) is 5.69 Å². The van der Waals surface area contributed by atoms with E-state index in [1.54, 1.807) is 6.08 Å². The van der Waals surface area contributed by atoms with Crippen molar-refractivity contribution in [3.05, 3.63) is 42.6 Å². The van der Waals surface area contributed by atoms with Gasteiger partial charge in [0.05, 0.1) is 11.7 Å². The molecule has 2 nitrogen and oxygen atoms in total. The molecule has 1 heterocycles. The van der Waals surface area contributed by atoms with Crippen LogP contribution < -0.4 is 0 Å². The maximum atomic E-state index is 4.22. The Hall–Kier alpha value is -1.48. The lowest BCUT2D eigenvalue weighted by Crippen LogP contribution is -1.79. The molecule has 0 bridgehead atoms. The summed E-state index contributed by atoms with van der Waals surface area (Å²) in [5.41, 5.74) is 2.86. The minimum absolute atomic E-state index is 0.858. The standard InChI is InChI=1S/C10H8N2S/c1-2-9-10(12-13-11-9)8-6-4-3-5-7-8/h2-7H,1H2. The number of nitrogens with zero attached hydrogens (tertiary/aromatic N) is 2. The molecular formula is C10H8N2S. The van der Waals surface area contributed by atoms with Crippen LogP contribution in [0.2, 0.25) is 0 Å². The highest BCUT2D eigenvalue weighted by Gasteiger charge is 2.05. The first kappa shape index (κ1) is 8.13. The van der Waals surface area contributed by atoms with E-state index < -0.39 is 0 Å².